The summed E-state index contributed by atoms with van der Waals surface area (Å²) in [5.41, 5.74) is 1.14. The smallest absolute Gasteiger partial charge is 0.167 e. The van der Waals surface area contributed by atoms with Gasteiger partial charge in [-0.1, -0.05) is 15.9 Å². The number of ketones is 1. The molecule has 0 unspecified atom stereocenters. The number of Topliss-reactive ketones (excluding diaryl/α,β-unsaturated/α-hetero) is 1. The second-order valence-corrected chi connectivity index (χ2v) is 5.55. The number of fused-ring (bicyclic) bond motifs is 1. The maximum absolute atomic E-state index is 13.3. The first-order chi connectivity index (χ1) is 10.1. The van der Waals surface area contributed by atoms with Crippen LogP contribution in [0.3, 0.4) is 0 Å². The number of hydrogen-bond donors (Lipinski definition) is 0. The van der Waals surface area contributed by atoms with Gasteiger partial charge in [0.25, 0.3) is 0 Å². The average molecular weight is 351 g/mol. The molecule has 1 aliphatic heterocycles. The van der Waals surface area contributed by atoms with Crippen molar-refractivity contribution < 1.29 is 18.7 Å². The van der Waals surface area contributed by atoms with Crippen molar-refractivity contribution in [3.05, 3.63) is 57.8 Å². The lowest BCUT2D eigenvalue weighted by Gasteiger charge is -2.18. The van der Waals surface area contributed by atoms with Crippen LogP contribution in [0.25, 0.3) is 0 Å². The Bertz CT molecular complexity index is 700. The molecule has 21 heavy (non-hydrogen) atoms. The molecule has 0 saturated heterocycles. The van der Waals surface area contributed by atoms with Gasteiger partial charge in [0.1, 0.15) is 19.0 Å². The van der Waals surface area contributed by atoms with Crippen molar-refractivity contribution in [3.63, 3.8) is 0 Å². The van der Waals surface area contributed by atoms with Crippen molar-refractivity contribution in [2.24, 2.45) is 0 Å². The molecular weight excluding hydrogens is 339 g/mol. The fourth-order valence-corrected chi connectivity index (χ4v) is 2.56. The van der Waals surface area contributed by atoms with Gasteiger partial charge in [-0.2, -0.15) is 0 Å². The van der Waals surface area contributed by atoms with Gasteiger partial charge >= 0.3 is 0 Å². The highest BCUT2D eigenvalue weighted by molar-refractivity contribution is 9.10. The minimum Gasteiger partial charge on any atom is -0.486 e. The van der Waals surface area contributed by atoms with Crippen molar-refractivity contribution in [2.75, 3.05) is 13.2 Å². The zero-order valence-electron chi connectivity index (χ0n) is 11.1. The Balaban J connectivity index is 1.83. The standard InChI is InChI=1S/C16H12BrFO3/c17-13-3-2-12(18)7-11(13)8-14(19)10-1-4-15-16(9-10)21-6-5-20-15/h1-4,7,9H,5-6,8H2. The number of benzene rings is 2. The number of hydrogen-bond acceptors (Lipinski definition) is 3. The molecule has 0 aliphatic carbocycles. The Morgan fingerprint density at radius 3 is 2.67 bits per heavy atom. The molecule has 3 nitrogen and oxygen atoms in total. The molecule has 0 N–H and O–H groups in total. The first kappa shape index (κ1) is 14.1. The molecule has 0 spiro atoms. The van der Waals surface area contributed by atoms with E-state index in [9.17, 15) is 9.18 Å². The molecule has 0 atom stereocenters. The fourth-order valence-electron chi connectivity index (χ4n) is 2.17. The van der Waals surface area contributed by atoms with E-state index in [2.05, 4.69) is 15.9 Å². The number of carbonyl (C=O) groups is 1. The molecular formula is C16H12BrFO3. The van der Waals surface area contributed by atoms with E-state index in [1.165, 1.54) is 12.1 Å². The summed E-state index contributed by atoms with van der Waals surface area (Å²) < 4.78 is 24.9. The van der Waals surface area contributed by atoms with E-state index in [-0.39, 0.29) is 18.0 Å². The van der Waals surface area contributed by atoms with Gasteiger partial charge in [-0.3, -0.25) is 4.79 Å². The highest BCUT2D eigenvalue weighted by Gasteiger charge is 2.16. The van der Waals surface area contributed by atoms with Crippen molar-refractivity contribution in [1.82, 2.24) is 0 Å². The Kier molecular flexibility index (Phi) is 3.92. The molecule has 1 heterocycles. The minimum absolute atomic E-state index is 0.0988. The first-order valence-corrected chi connectivity index (χ1v) is 7.29. The molecule has 108 valence electrons. The predicted molar refractivity (Wildman–Crippen MR) is 79.6 cm³/mol. The summed E-state index contributed by atoms with van der Waals surface area (Å²) in [5, 5.41) is 0. The SMILES string of the molecule is O=C(Cc1cc(F)ccc1Br)c1ccc2c(c1)OCCO2. The fraction of sp³-hybridized carbons (Fsp3) is 0.188. The number of carbonyl (C=O) groups excluding carboxylic acids is 1. The summed E-state index contributed by atoms with van der Waals surface area (Å²) >= 11 is 3.33. The number of ether oxygens (including phenoxy) is 2. The van der Waals surface area contributed by atoms with Gasteiger partial charge in [0, 0.05) is 16.5 Å². The van der Waals surface area contributed by atoms with E-state index in [0.29, 0.717) is 35.8 Å². The highest BCUT2D eigenvalue weighted by Crippen LogP contribution is 2.31. The quantitative estimate of drug-likeness (QED) is 0.790. The normalized spacial score (nSPS) is 13.0. The zero-order chi connectivity index (χ0) is 14.8. The third kappa shape index (κ3) is 3.08. The van der Waals surface area contributed by atoms with Crippen LogP contribution in [0, 0.1) is 5.82 Å². The Morgan fingerprint density at radius 2 is 1.86 bits per heavy atom. The minimum atomic E-state index is -0.358. The maximum Gasteiger partial charge on any atom is 0.167 e. The second-order valence-electron chi connectivity index (χ2n) is 4.69. The van der Waals surface area contributed by atoms with Crippen molar-refractivity contribution >= 4 is 21.7 Å². The van der Waals surface area contributed by atoms with Gasteiger partial charge in [0.05, 0.1) is 0 Å². The van der Waals surface area contributed by atoms with Crippen molar-refractivity contribution in [1.29, 1.82) is 0 Å². The summed E-state index contributed by atoms with van der Waals surface area (Å²) in [6.07, 6.45) is 0.123. The Labute approximate surface area is 129 Å². The molecule has 0 fully saturated rings. The predicted octanol–water partition coefficient (Wildman–Crippen LogP) is 3.78. The summed E-state index contributed by atoms with van der Waals surface area (Å²) in [6, 6.07) is 9.40. The van der Waals surface area contributed by atoms with Crippen molar-refractivity contribution in [2.45, 2.75) is 6.42 Å². The molecule has 2 aromatic carbocycles. The van der Waals surface area contributed by atoms with E-state index in [1.807, 2.05) is 0 Å². The van der Waals surface area contributed by atoms with E-state index in [0.717, 1.165) is 4.47 Å². The lowest BCUT2D eigenvalue weighted by molar-refractivity contribution is 0.0991. The summed E-state index contributed by atoms with van der Waals surface area (Å²) in [7, 11) is 0. The molecule has 0 aromatic heterocycles. The van der Waals surface area contributed by atoms with Crippen LogP contribution in [-0.4, -0.2) is 19.0 Å². The zero-order valence-corrected chi connectivity index (χ0v) is 12.7. The highest BCUT2D eigenvalue weighted by atomic mass is 79.9. The summed E-state index contributed by atoms with van der Waals surface area (Å²) in [4.78, 5) is 12.3. The molecule has 2 aromatic rings. The molecule has 0 radical (unpaired) electrons. The topological polar surface area (TPSA) is 35.5 Å². The number of halogens is 2. The van der Waals surface area contributed by atoms with Gasteiger partial charge in [-0.25, -0.2) is 4.39 Å². The van der Waals surface area contributed by atoms with Crippen LogP contribution in [0.4, 0.5) is 4.39 Å². The largest absolute Gasteiger partial charge is 0.486 e. The second kappa shape index (κ2) is 5.85. The van der Waals surface area contributed by atoms with Crippen LogP contribution in [0.2, 0.25) is 0 Å². The summed E-state index contributed by atoms with van der Waals surface area (Å²) in [6.45, 7) is 0.983. The van der Waals surface area contributed by atoms with E-state index in [4.69, 9.17) is 9.47 Å². The van der Waals surface area contributed by atoms with Crippen LogP contribution in [0.15, 0.2) is 40.9 Å². The first-order valence-electron chi connectivity index (χ1n) is 6.50. The Hall–Kier alpha value is -1.88. The molecule has 3 rings (SSSR count). The van der Waals surface area contributed by atoms with Gasteiger partial charge < -0.3 is 9.47 Å². The van der Waals surface area contributed by atoms with Gasteiger partial charge in [-0.05, 0) is 42.0 Å². The monoisotopic (exact) mass is 350 g/mol. The maximum atomic E-state index is 13.3. The van der Waals surface area contributed by atoms with Crippen LogP contribution in [0.1, 0.15) is 15.9 Å². The van der Waals surface area contributed by atoms with Crippen LogP contribution in [0.5, 0.6) is 11.5 Å². The molecule has 0 saturated carbocycles. The van der Waals surface area contributed by atoms with Crippen molar-refractivity contribution in [3.8, 4) is 11.5 Å². The van der Waals surface area contributed by atoms with Gasteiger partial charge in [-0.15, -0.1) is 0 Å². The van der Waals surface area contributed by atoms with Gasteiger partial charge in [0.15, 0.2) is 17.3 Å². The van der Waals surface area contributed by atoms with Gasteiger partial charge in [0.2, 0.25) is 0 Å². The average Bonchev–Trinajstić information content (AvgIpc) is 2.50. The lowest BCUT2D eigenvalue weighted by atomic mass is 10.0. The van der Waals surface area contributed by atoms with Crippen LogP contribution < -0.4 is 9.47 Å². The third-order valence-electron chi connectivity index (χ3n) is 3.22. The van der Waals surface area contributed by atoms with Crippen LogP contribution in [-0.2, 0) is 6.42 Å². The molecule has 5 heteroatoms. The number of rotatable bonds is 3. The van der Waals surface area contributed by atoms with E-state index < -0.39 is 0 Å². The summed E-state index contributed by atoms with van der Waals surface area (Å²) in [5.74, 6) is 0.761. The van der Waals surface area contributed by atoms with Crippen LogP contribution >= 0.6 is 15.9 Å². The molecule has 0 bridgehead atoms. The Morgan fingerprint density at radius 1 is 1.10 bits per heavy atom. The van der Waals surface area contributed by atoms with E-state index in [1.54, 1.807) is 24.3 Å². The molecule has 0 amide bonds. The third-order valence-corrected chi connectivity index (χ3v) is 4.00. The molecule has 1 aliphatic rings. The lowest BCUT2D eigenvalue weighted by Crippen LogP contribution is -2.16. The van der Waals surface area contributed by atoms with E-state index >= 15 is 0 Å².